The van der Waals surface area contributed by atoms with E-state index in [1.54, 1.807) is 30.3 Å². The van der Waals surface area contributed by atoms with E-state index in [0.717, 1.165) is 61.4 Å². The molecule has 1 aromatic heterocycles. The van der Waals surface area contributed by atoms with Crippen LogP contribution in [0.15, 0.2) is 55.0 Å². The molecule has 0 bridgehead atoms. The van der Waals surface area contributed by atoms with Crippen LogP contribution >= 0.6 is 0 Å². The van der Waals surface area contributed by atoms with Gasteiger partial charge in [-0.25, -0.2) is 9.97 Å². The van der Waals surface area contributed by atoms with E-state index in [4.69, 9.17) is 10.5 Å². The summed E-state index contributed by atoms with van der Waals surface area (Å²) >= 11 is 0. The Morgan fingerprint density at radius 1 is 0.927 bits per heavy atom. The third-order valence-electron chi connectivity index (χ3n) is 11.0. The Bertz CT molecular complexity index is 2140. The molecule has 6 heterocycles. The number of hydrogen-bond acceptors (Lipinski definition) is 12. The summed E-state index contributed by atoms with van der Waals surface area (Å²) in [7, 11) is 0. The second-order valence-electron chi connectivity index (χ2n) is 14.7. The smallest absolute Gasteiger partial charge is 0.262 e. The van der Waals surface area contributed by atoms with E-state index in [2.05, 4.69) is 30.4 Å². The Balaban J connectivity index is 0.880. The fourth-order valence-electron chi connectivity index (χ4n) is 8.10. The van der Waals surface area contributed by atoms with Crippen molar-refractivity contribution in [3.63, 3.8) is 0 Å². The molecule has 0 radical (unpaired) electrons. The van der Waals surface area contributed by atoms with Gasteiger partial charge in [-0.05, 0) is 75.1 Å². The van der Waals surface area contributed by atoms with E-state index in [9.17, 15) is 28.8 Å². The van der Waals surface area contributed by atoms with Crippen LogP contribution in [-0.2, 0) is 20.9 Å². The lowest BCUT2D eigenvalue weighted by molar-refractivity contribution is -0.136. The number of likely N-dealkylation sites (tertiary alicyclic amines) is 1. The number of piperidine rings is 2. The minimum absolute atomic E-state index is 0.0504. The van der Waals surface area contributed by atoms with Crippen LogP contribution in [0.5, 0.6) is 5.75 Å². The largest absolute Gasteiger partial charge is 0.489 e. The normalized spacial score (nSPS) is 20.9. The number of nitrogens with one attached hydrogen (secondary N) is 2. The second kappa shape index (κ2) is 14.2. The van der Waals surface area contributed by atoms with E-state index in [1.165, 1.54) is 12.4 Å². The highest BCUT2D eigenvalue weighted by Crippen LogP contribution is 2.38. The van der Waals surface area contributed by atoms with Crippen molar-refractivity contribution in [2.45, 2.75) is 70.3 Å². The van der Waals surface area contributed by atoms with E-state index >= 15 is 0 Å². The molecule has 5 aliphatic heterocycles. The maximum absolute atomic E-state index is 13.8. The number of nitrogens with two attached hydrogens (primary N) is 1. The number of ether oxygens (including phenoxy) is 1. The number of benzene rings is 2. The number of nitrogens with zero attached hydrogens (tertiary/aromatic N) is 6. The Hall–Kier alpha value is -6.16. The first-order chi connectivity index (χ1) is 26.5. The lowest BCUT2D eigenvalue weighted by Crippen LogP contribution is -2.62. The minimum Gasteiger partial charge on any atom is -0.489 e. The Morgan fingerprint density at radius 3 is 2.35 bits per heavy atom. The molecule has 0 aliphatic carbocycles. The van der Waals surface area contributed by atoms with Crippen molar-refractivity contribution < 1.29 is 33.5 Å². The summed E-state index contributed by atoms with van der Waals surface area (Å²) < 4.78 is 6.05. The molecule has 8 rings (SSSR count). The molecule has 55 heavy (non-hydrogen) atoms. The van der Waals surface area contributed by atoms with Crippen LogP contribution in [0.3, 0.4) is 0 Å². The molecular weight excluding hydrogens is 706 g/mol. The zero-order valence-electron chi connectivity index (χ0n) is 30.5. The van der Waals surface area contributed by atoms with Gasteiger partial charge in [0.05, 0.1) is 28.5 Å². The molecule has 3 aromatic rings. The second-order valence-corrected chi connectivity index (χ2v) is 14.7. The number of carbonyl (C=O) groups excluding carboxylic acids is 6. The maximum Gasteiger partial charge on any atom is 0.262 e. The van der Waals surface area contributed by atoms with Crippen molar-refractivity contribution in [3.8, 4) is 5.75 Å². The molecule has 6 amide bonds. The van der Waals surface area contributed by atoms with Crippen molar-refractivity contribution in [2.24, 2.45) is 5.73 Å². The number of hydrogen-bond donors (Lipinski definition) is 3. The van der Waals surface area contributed by atoms with Crippen LogP contribution in [0.25, 0.3) is 5.57 Å². The number of amides is 6. The molecule has 4 N–H and O–H groups in total. The average molecular weight is 748 g/mol. The van der Waals surface area contributed by atoms with Gasteiger partial charge in [0.1, 0.15) is 11.8 Å². The molecule has 2 aromatic carbocycles. The van der Waals surface area contributed by atoms with Gasteiger partial charge in [-0.3, -0.25) is 43.9 Å². The monoisotopic (exact) mass is 747 g/mol. The summed E-state index contributed by atoms with van der Waals surface area (Å²) in [5, 5.41) is 5.12. The zero-order valence-corrected chi connectivity index (χ0v) is 30.5. The summed E-state index contributed by atoms with van der Waals surface area (Å²) in [6.45, 7) is 7.31. The van der Waals surface area contributed by atoms with Crippen LogP contribution < -0.4 is 26.0 Å². The minimum atomic E-state index is -1.000. The van der Waals surface area contributed by atoms with Gasteiger partial charge < -0.3 is 25.6 Å². The first kappa shape index (κ1) is 35.8. The highest BCUT2D eigenvalue weighted by Gasteiger charge is 2.45. The van der Waals surface area contributed by atoms with E-state index in [0.29, 0.717) is 29.6 Å². The fraction of sp³-hybridized carbons (Fsp3) is 0.385. The van der Waals surface area contributed by atoms with Gasteiger partial charge >= 0.3 is 0 Å². The molecular formula is C39H41N9O7. The van der Waals surface area contributed by atoms with Crippen LogP contribution in [-0.4, -0.2) is 111 Å². The molecule has 1 atom stereocenters. The van der Waals surface area contributed by atoms with Crippen LogP contribution in [0.2, 0.25) is 0 Å². The van der Waals surface area contributed by atoms with Crippen molar-refractivity contribution in [2.75, 3.05) is 36.4 Å². The first-order valence-electron chi connectivity index (χ1n) is 18.5. The number of fused-ring (bicyclic) bond motifs is 2. The third-order valence-corrected chi connectivity index (χ3v) is 11.0. The molecule has 1 unspecified atom stereocenters. The fourth-order valence-corrected chi connectivity index (χ4v) is 8.10. The summed E-state index contributed by atoms with van der Waals surface area (Å²) in [4.78, 5) is 93.4. The predicted molar refractivity (Wildman–Crippen MR) is 199 cm³/mol. The maximum atomic E-state index is 13.8. The predicted octanol–water partition coefficient (Wildman–Crippen LogP) is 1.91. The topological polar surface area (TPSA) is 200 Å². The number of rotatable bonds is 9. The lowest BCUT2D eigenvalue weighted by Gasteiger charge is -2.49. The van der Waals surface area contributed by atoms with Gasteiger partial charge in [0.25, 0.3) is 23.6 Å². The molecule has 3 fully saturated rings. The average Bonchev–Trinajstić information content (AvgIpc) is 3.59. The van der Waals surface area contributed by atoms with Crippen molar-refractivity contribution in [1.29, 1.82) is 0 Å². The van der Waals surface area contributed by atoms with Gasteiger partial charge in [-0.15, -0.1) is 0 Å². The standard InChI is InChI=1S/C39H41N9O7/c1-21(2)55-32-16-27-22(14-30(32)43-35(50)29(17-40)34-41-10-3-11-42-34)18-47(37(27)52)23-8-12-45(13-9-23)25-19-46(20-25)24-4-5-26-28(15-24)39(54)48(38(26)53)31-6-7-33(49)44-36(31)51/h3-5,10-11,14-17,21,23,25,31H,6-9,12-13,18-20,40H2,1-2H3,(H,43,50)(H,44,49,51)/b29-17+. The van der Waals surface area contributed by atoms with Crippen molar-refractivity contribution in [3.05, 3.63) is 83.1 Å². The third kappa shape index (κ3) is 6.55. The molecule has 284 valence electrons. The summed E-state index contributed by atoms with van der Waals surface area (Å²) in [5.41, 5.74) is 9.04. The lowest BCUT2D eigenvalue weighted by atomic mass is 9.97. The van der Waals surface area contributed by atoms with Crippen LogP contribution in [0, 0.1) is 0 Å². The van der Waals surface area contributed by atoms with E-state index in [-0.39, 0.29) is 53.4 Å². The number of aromatic nitrogens is 2. The van der Waals surface area contributed by atoms with Gasteiger partial charge in [-0.1, -0.05) is 0 Å². The highest BCUT2D eigenvalue weighted by atomic mass is 16.5. The molecule has 0 spiro atoms. The molecule has 0 saturated carbocycles. The SMILES string of the molecule is CC(C)Oc1cc2c(cc1NC(=O)/C(=C/N)c1ncccn1)CN(C1CCN(C3CN(c4ccc5c(c4)C(=O)N(C4CCC(=O)NC4=O)C5=O)C3)CC1)C2=O. The quantitative estimate of drug-likeness (QED) is 0.213. The van der Waals surface area contributed by atoms with E-state index in [1.807, 2.05) is 24.8 Å². The summed E-state index contributed by atoms with van der Waals surface area (Å²) in [6, 6.07) is 9.71. The highest BCUT2D eigenvalue weighted by molar-refractivity contribution is 6.25. The summed E-state index contributed by atoms with van der Waals surface area (Å²) in [6.07, 6.45) is 5.81. The Morgan fingerprint density at radius 2 is 1.65 bits per heavy atom. The first-order valence-corrected chi connectivity index (χ1v) is 18.5. The Kier molecular flexibility index (Phi) is 9.28. The van der Waals surface area contributed by atoms with E-state index < -0.39 is 35.6 Å². The molecule has 5 aliphatic rings. The van der Waals surface area contributed by atoms with Crippen molar-refractivity contribution >= 4 is 52.4 Å². The molecule has 16 nitrogen and oxygen atoms in total. The molecule has 16 heteroatoms. The zero-order chi connectivity index (χ0) is 38.5. The van der Waals surface area contributed by atoms with Gasteiger partial charge in [0, 0.05) is 81.1 Å². The number of carbonyl (C=O) groups is 6. The van der Waals surface area contributed by atoms with Crippen LogP contribution in [0.1, 0.15) is 82.0 Å². The summed E-state index contributed by atoms with van der Waals surface area (Å²) in [5.74, 6) is -2.06. The van der Waals surface area contributed by atoms with Crippen molar-refractivity contribution in [1.82, 2.24) is 30.0 Å². The number of anilines is 2. The van der Waals surface area contributed by atoms with Gasteiger partial charge in [-0.2, -0.15) is 0 Å². The van der Waals surface area contributed by atoms with Crippen LogP contribution in [0.4, 0.5) is 11.4 Å². The number of imide groups is 2. The molecule has 3 saturated heterocycles. The Labute approximate surface area is 316 Å². The van der Waals surface area contributed by atoms with Gasteiger partial charge in [0.2, 0.25) is 11.8 Å². The van der Waals surface area contributed by atoms with Gasteiger partial charge in [0.15, 0.2) is 5.82 Å².